The molecule has 6 heteroatoms. The molecule has 0 saturated carbocycles. The number of carbonyl (C=O) groups excluding carboxylic acids is 1. The number of alkyl halides is 3. The van der Waals surface area contributed by atoms with Gasteiger partial charge in [-0.15, -0.1) is 0 Å². The van der Waals surface area contributed by atoms with Crippen LogP contribution in [0.2, 0.25) is 0 Å². The molecule has 0 amide bonds. The average molecular weight is 569 g/mol. The van der Waals surface area contributed by atoms with E-state index in [-0.39, 0.29) is 12.0 Å². The van der Waals surface area contributed by atoms with Crippen molar-refractivity contribution in [3.8, 4) is 28.0 Å². The van der Waals surface area contributed by atoms with Crippen molar-refractivity contribution in [3.05, 3.63) is 78.4 Å². The largest absolute Gasteiger partial charge is 0.494 e. The van der Waals surface area contributed by atoms with Crippen molar-refractivity contribution in [2.24, 2.45) is 0 Å². The van der Waals surface area contributed by atoms with Gasteiger partial charge in [0, 0.05) is 0 Å². The Morgan fingerprint density at radius 2 is 1.07 bits per heavy atom. The Morgan fingerprint density at radius 1 is 0.634 bits per heavy atom. The van der Waals surface area contributed by atoms with Gasteiger partial charge < -0.3 is 9.47 Å². The Morgan fingerprint density at radius 3 is 1.59 bits per heavy atom. The molecule has 0 radical (unpaired) electrons. The monoisotopic (exact) mass is 568 g/mol. The number of benzene rings is 3. The minimum Gasteiger partial charge on any atom is -0.494 e. The highest BCUT2D eigenvalue weighted by molar-refractivity contribution is 5.90. The maximum atomic E-state index is 13.4. The molecule has 0 heterocycles. The molecule has 0 aliphatic heterocycles. The smallest absolute Gasteiger partial charge is 0.425 e. The number of esters is 1. The normalized spacial score (nSPS) is 12.2. The molecule has 222 valence electrons. The molecule has 41 heavy (non-hydrogen) atoms. The van der Waals surface area contributed by atoms with E-state index in [0.29, 0.717) is 12.8 Å². The van der Waals surface area contributed by atoms with Crippen molar-refractivity contribution in [1.29, 1.82) is 0 Å². The first-order chi connectivity index (χ1) is 19.8. The van der Waals surface area contributed by atoms with E-state index in [1.165, 1.54) is 44.2 Å². The van der Waals surface area contributed by atoms with Crippen LogP contribution in [-0.4, -0.2) is 24.9 Å². The first-order valence-corrected chi connectivity index (χ1v) is 15.0. The standard InChI is InChI=1S/C35H43F3O3/c1-3-5-7-9-10-12-26-40-32-24-22-30(23-25-32)28-16-14-27(15-17-28)29-18-20-31(21-19-29)34(39)41-33(35(36,37)38)13-11-8-6-4-2/h14-25,33H,3-13,26H2,1-2H3/t33-/m1/s1. The summed E-state index contributed by atoms with van der Waals surface area (Å²) in [4.78, 5) is 12.5. The van der Waals surface area contributed by atoms with Crippen LogP contribution in [0.4, 0.5) is 13.2 Å². The molecular weight excluding hydrogens is 525 g/mol. The quantitative estimate of drug-likeness (QED) is 0.120. The average Bonchev–Trinajstić information content (AvgIpc) is 2.98. The number of carbonyl (C=O) groups is 1. The van der Waals surface area contributed by atoms with Crippen LogP contribution < -0.4 is 4.74 Å². The summed E-state index contributed by atoms with van der Waals surface area (Å²) in [5.41, 5.74) is 4.05. The Bertz CT molecular complexity index is 1150. The van der Waals surface area contributed by atoms with Gasteiger partial charge in [-0.05, 0) is 65.8 Å². The third-order valence-electron chi connectivity index (χ3n) is 7.23. The van der Waals surface area contributed by atoms with Crippen LogP contribution in [0.5, 0.6) is 5.75 Å². The Hall–Kier alpha value is -3.28. The van der Waals surface area contributed by atoms with Crippen molar-refractivity contribution in [2.75, 3.05) is 6.61 Å². The van der Waals surface area contributed by atoms with Crippen molar-refractivity contribution >= 4 is 5.97 Å². The zero-order valence-electron chi connectivity index (χ0n) is 24.3. The second-order valence-electron chi connectivity index (χ2n) is 10.6. The van der Waals surface area contributed by atoms with E-state index < -0.39 is 18.2 Å². The predicted octanol–water partition coefficient (Wildman–Crippen LogP) is 10.8. The summed E-state index contributed by atoms with van der Waals surface area (Å²) in [7, 11) is 0. The fourth-order valence-corrected chi connectivity index (χ4v) is 4.71. The van der Waals surface area contributed by atoms with E-state index in [2.05, 4.69) is 6.92 Å². The van der Waals surface area contributed by atoms with Gasteiger partial charge in [-0.3, -0.25) is 0 Å². The van der Waals surface area contributed by atoms with Crippen LogP contribution in [0.15, 0.2) is 72.8 Å². The molecule has 0 aromatic heterocycles. The van der Waals surface area contributed by atoms with Crippen molar-refractivity contribution in [2.45, 2.75) is 96.8 Å². The molecule has 0 N–H and O–H groups in total. The molecule has 3 rings (SSSR count). The lowest BCUT2D eigenvalue weighted by molar-refractivity contribution is -0.206. The van der Waals surface area contributed by atoms with E-state index in [4.69, 9.17) is 9.47 Å². The van der Waals surface area contributed by atoms with Gasteiger partial charge in [0.05, 0.1) is 12.2 Å². The van der Waals surface area contributed by atoms with E-state index in [0.717, 1.165) is 53.9 Å². The third kappa shape index (κ3) is 10.9. The van der Waals surface area contributed by atoms with Crippen LogP contribution in [0, 0.1) is 0 Å². The van der Waals surface area contributed by atoms with E-state index >= 15 is 0 Å². The van der Waals surface area contributed by atoms with Gasteiger partial charge in [0.2, 0.25) is 0 Å². The summed E-state index contributed by atoms with van der Waals surface area (Å²) in [6.45, 7) is 4.95. The maximum Gasteiger partial charge on any atom is 0.425 e. The van der Waals surface area contributed by atoms with Crippen molar-refractivity contribution in [1.82, 2.24) is 0 Å². The molecule has 0 fully saturated rings. The highest BCUT2D eigenvalue weighted by atomic mass is 19.4. The van der Waals surface area contributed by atoms with Gasteiger partial charge in [0.25, 0.3) is 0 Å². The summed E-state index contributed by atoms with van der Waals surface area (Å²) in [6.07, 6.45) is 3.38. The second-order valence-corrected chi connectivity index (χ2v) is 10.6. The molecule has 0 bridgehead atoms. The number of halogens is 3. The summed E-state index contributed by atoms with van der Waals surface area (Å²) < 4.78 is 50.9. The molecule has 1 atom stereocenters. The lowest BCUT2D eigenvalue weighted by Gasteiger charge is -2.20. The molecule has 3 aromatic rings. The summed E-state index contributed by atoms with van der Waals surface area (Å²) in [5.74, 6) is -0.0836. The van der Waals surface area contributed by atoms with Crippen LogP contribution >= 0.6 is 0 Å². The zero-order valence-corrected chi connectivity index (χ0v) is 24.3. The van der Waals surface area contributed by atoms with Gasteiger partial charge in [0.15, 0.2) is 6.10 Å². The molecule has 3 aromatic carbocycles. The maximum absolute atomic E-state index is 13.4. The van der Waals surface area contributed by atoms with Crippen LogP contribution in [-0.2, 0) is 4.74 Å². The third-order valence-corrected chi connectivity index (χ3v) is 7.23. The first-order valence-electron chi connectivity index (χ1n) is 15.0. The highest BCUT2D eigenvalue weighted by Gasteiger charge is 2.42. The van der Waals surface area contributed by atoms with Gasteiger partial charge in [-0.1, -0.05) is 114 Å². The van der Waals surface area contributed by atoms with E-state index in [1.54, 1.807) is 12.1 Å². The first kappa shape index (κ1) is 32.2. The van der Waals surface area contributed by atoms with E-state index in [9.17, 15) is 18.0 Å². The Balaban J connectivity index is 1.53. The number of ether oxygens (including phenoxy) is 2. The van der Waals surface area contributed by atoms with E-state index in [1.807, 2.05) is 55.5 Å². The predicted molar refractivity (Wildman–Crippen MR) is 160 cm³/mol. The van der Waals surface area contributed by atoms with Gasteiger partial charge >= 0.3 is 12.1 Å². The lowest BCUT2D eigenvalue weighted by Crippen LogP contribution is -2.33. The molecular formula is C35H43F3O3. The van der Waals surface area contributed by atoms with Gasteiger partial charge in [-0.2, -0.15) is 13.2 Å². The Kier molecular flexibility index (Phi) is 13.3. The lowest BCUT2D eigenvalue weighted by atomic mass is 9.99. The molecule has 0 aliphatic rings. The number of hydrogen-bond acceptors (Lipinski definition) is 3. The number of unbranched alkanes of at least 4 members (excludes halogenated alkanes) is 8. The van der Waals surface area contributed by atoms with Crippen LogP contribution in [0.1, 0.15) is 94.8 Å². The number of hydrogen-bond donors (Lipinski definition) is 0. The molecule has 0 unspecified atom stereocenters. The molecule has 3 nitrogen and oxygen atoms in total. The van der Waals surface area contributed by atoms with Crippen molar-refractivity contribution in [3.63, 3.8) is 0 Å². The fourth-order valence-electron chi connectivity index (χ4n) is 4.71. The summed E-state index contributed by atoms with van der Waals surface area (Å²) in [5, 5.41) is 0. The molecule has 0 spiro atoms. The SMILES string of the molecule is CCCCCCCCOc1ccc(-c2ccc(-c3ccc(C(=O)O[C@H](CCCCCC)C(F)(F)F)cc3)cc2)cc1. The molecule has 0 aliphatic carbocycles. The highest BCUT2D eigenvalue weighted by Crippen LogP contribution is 2.29. The minimum atomic E-state index is -4.58. The van der Waals surface area contributed by atoms with Gasteiger partial charge in [0.1, 0.15) is 5.75 Å². The second kappa shape index (κ2) is 16.9. The Labute approximate surface area is 243 Å². The fraction of sp³-hybridized carbons (Fsp3) is 0.457. The minimum absolute atomic E-state index is 0.104. The number of rotatable bonds is 17. The summed E-state index contributed by atoms with van der Waals surface area (Å²) >= 11 is 0. The zero-order chi connectivity index (χ0) is 29.5. The topological polar surface area (TPSA) is 35.5 Å². The van der Waals surface area contributed by atoms with Crippen molar-refractivity contribution < 1.29 is 27.4 Å². The van der Waals surface area contributed by atoms with Crippen LogP contribution in [0.25, 0.3) is 22.3 Å². The van der Waals surface area contributed by atoms with Gasteiger partial charge in [-0.25, -0.2) is 4.79 Å². The van der Waals surface area contributed by atoms with Crippen LogP contribution in [0.3, 0.4) is 0 Å². The molecule has 0 saturated heterocycles. The summed E-state index contributed by atoms with van der Waals surface area (Å²) in [6, 6.07) is 22.6.